The molecule has 3 heterocycles. The first kappa shape index (κ1) is 23.7. The zero-order valence-corrected chi connectivity index (χ0v) is 19.2. The molecular formula is C22H14F2N8O4S. The first-order valence-corrected chi connectivity index (χ1v) is 11.8. The largest absolute Gasteiger partial charge is 0.341 e. The number of aromatic nitrogens is 5. The maximum Gasteiger partial charge on any atom is 0.270 e. The van der Waals surface area contributed by atoms with Crippen molar-refractivity contribution in [1.29, 1.82) is 0 Å². The molecule has 37 heavy (non-hydrogen) atoms. The first-order valence-electron chi connectivity index (χ1n) is 10.4. The van der Waals surface area contributed by atoms with Crippen LogP contribution in [0, 0.1) is 21.7 Å². The van der Waals surface area contributed by atoms with Gasteiger partial charge < -0.3 is 10.3 Å². The second-order valence-corrected chi connectivity index (χ2v) is 9.17. The van der Waals surface area contributed by atoms with Crippen molar-refractivity contribution in [3.05, 3.63) is 89.1 Å². The van der Waals surface area contributed by atoms with Crippen LogP contribution in [0.1, 0.15) is 0 Å². The Balaban J connectivity index is 1.52. The standard InChI is InChI=1S/C22H14F2N8O4S/c23-15-6-7-16(31-37(35,36)13-4-1-3-12(9-13)32(33)34)17(24)19(15)30-21-14(5-2-8-25-21)18-20-22(28-10-26-18)29-11-27-20/h1-11,31H,(H,25,30)(H,26,27,28,29). The summed E-state index contributed by atoms with van der Waals surface area (Å²) in [4.78, 5) is 29.1. The minimum Gasteiger partial charge on any atom is -0.341 e. The summed E-state index contributed by atoms with van der Waals surface area (Å²) in [6.07, 6.45) is 4.09. The number of hydrogen-bond donors (Lipinski definition) is 3. The third-order valence-electron chi connectivity index (χ3n) is 5.20. The fourth-order valence-electron chi connectivity index (χ4n) is 3.50. The number of nitro groups is 1. The number of nitrogens with one attached hydrogen (secondary N) is 3. The van der Waals surface area contributed by atoms with Gasteiger partial charge in [0.15, 0.2) is 11.5 Å². The number of sulfonamides is 1. The van der Waals surface area contributed by atoms with Crippen molar-refractivity contribution in [3.63, 3.8) is 0 Å². The first-order chi connectivity index (χ1) is 17.7. The summed E-state index contributed by atoms with van der Waals surface area (Å²) in [5.41, 5.74) is -0.182. The molecule has 186 valence electrons. The van der Waals surface area contributed by atoms with Crippen LogP contribution in [-0.2, 0) is 10.0 Å². The molecule has 0 aliphatic carbocycles. The van der Waals surface area contributed by atoms with E-state index in [1.807, 2.05) is 4.72 Å². The van der Waals surface area contributed by atoms with Gasteiger partial charge in [-0.2, -0.15) is 0 Å². The number of imidazole rings is 1. The number of non-ortho nitro benzene ring substituents is 1. The van der Waals surface area contributed by atoms with Crippen LogP contribution in [0.15, 0.2) is 72.3 Å². The Morgan fingerprint density at radius 3 is 2.65 bits per heavy atom. The van der Waals surface area contributed by atoms with Gasteiger partial charge in [0, 0.05) is 23.9 Å². The second-order valence-electron chi connectivity index (χ2n) is 7.49. The van der Waals surface area contributed by atoms with Crippen LogP contribution in [0.4, 0.5) is 31.7 Å². The Bertz CT molecular complexity index is 1780. The zero-order chi connectivity index (χ0) is 26.2. The fourth-order valence-corrected chi connectivity index (χ4v) is 4.60. The molecule has 0 aliphatic heterocycles. The molecule has 12 nitrogen and oxygen atoms in total. The Morgan fingerprint density at radius 2 is 1.84 bits per heavy atom. The van der Waals surface area contributed by atoms with E-state index in [2.05, 4.69) is 30.2 Å². The summed E-state index contributed by atoms with van der Waals surface area (Å²) >= 11 is 0. The highest BCUT2D eigenvalue weighted by Gasteiger charge is 2.23. The Morgan fingerprint density at radius 1 is 1.00 bits per heavy atom. The van der Waals surface area contributed by atoms with Crippen molar-refractivity contribution >= 4 is 44.1 Å². The van der Waals surface area contributed by atoms with Gasteiger partial charge in [0.1, 0.15) is 34.9 Å². The number of anilines is 3. The Hall–Kier alpha value is -5.05. The molecule has 0 unspecified atom stereocenters. The number of hydrogen-bond acceptors (Lipinski definition) is 9. The quantitative estimate of drug-likeness (QED) is 0.209. The Labute approximate surface area is 206 Å². The topological polar surface area (TPSA) is 169 Å². The lowest BCUT2D eigenvalue weighted by molar-refractivity contribution is -0.385. The molecule has 15 heteroatoms. The number of rotatable bonds is 7. The highest BCUT2D eigenvalue weighted by atomic mass is 32.2. The number of nitrogens with zero attached hydrogens (tertiary/aromatic N) is 5. The summed E-state index contributed by atoms with van der Waals surface area (Å²) < 4.78 is 57.7. The van der Waals surface area contributed by atoms with Crippen molar-refractivity contribution in [2.45, 2.75) is 4.90 Å². The number of halogens is 2. The van der Waals surface area contributed by atoms with Gasteiger partial charge in [-0.1, -0.05) is 6.07 Å². The lowest BCUT2D eigenvalue weighted by Crippen LogP contribution is -2.15. The molecule has 0 radical (unpaired) electrons. The molecule has 5 rings (SSSR count). The zero-order valence-electron chi connectivity index (χ0n) is 18.4. The molecule has 2 aromatic carbocycles. The SMILES string of the molecule is O=[N+]([O-])c1cccc(S(=O)(=O)Nc2ccc(F)c(Nc3ncccc3-c3ncnc4nc[nH]c34)c2F)c1. The van der Waals surface area contributed by atoms with E-state index in [0.717, 1.165) is 30.3 Å². The number of nitro benzene ring substituents is 1. The number of fused-ring (bicyclic) bond motifs is 1. The van der Waals surface area contributed by atoms with Crippen molar-refractivity contribution < 1.29 is 22.1 Å². The molecule has 3 aromatic heterocycles. The highest BCUT2D eigenvalue weighted by molar-refractivity contribution is 7.92. The molecule has 3 N–H and O–H groups in total. The fraction of sp³-hybridized carbons (Fsp3) is 0. The van der Waals surface area contributed by atoms with Crippen LogP contribution in [-0.4, -0.2) is 38.3 Å². The van der Waals surface area contributed by atoms with Gasteiger partial charge >= 0.3 is 0 Å². The van der Waals surface area contributed by atoms with E-state index in [4.69, 9.17) is 0 Å². The number of pyridine rings is 1. The lowest BCUT2D eigenvalue weighted by atomic mass is 10.1. The maximum absolute atomic E-state index is 15.4. The minimum absolute atomic E-state index is 0.0218. The van der Waals surface area contributed by atoms with E-state index in [9.17, 15) is 22.9 Å². The average Bonchev–Trinajstić information content (AvgIpc) is 3.38. The monoisotopic (exact) mass is 524 g/mol. The highest BCUT2D eigenvalue weighted by Crippen LogP contribution is 2.34. The van der Waals surface area contributed by atoms with Crippen LogP contribution in [0.3, 0.4) is 0 Å². The molecular weight excluding hydrogens is 510 g/mol. The van der Waals surface area contributed by atoms with Crippen LogP contribution < -0.4 is 10.0 Å². The second kappa shape index (κ2) is 9.19. The third kappa shape index (κ3) is 4.50. The van der Waals surface area contributed by atoms with E-state index in [1.165, 1.54) is 24.9 Å². The van der Waals surface area contributed by atoms with E-state index in [1.54, 1.807) is 12.1 Å². The van der Waals surface area contributed by atoms with E-state index < -0.39 is 48.5 Å². The normalized spacial score (nSPS) is 11.4. The summed E-state index contributed by atoms with van der Waals surface area (Å²) in [5.74, 6) is -2.27. The molecule has 0 bridgehead atoms. The van der Waals surface area contributed by atoms with Crippen LogP contribution in [0.2, 0.25) is 0 Å². The van der Waals surface area contributed by atoms with E-state index in [-0.39, 0.29) is 5.82 Å². The van der Waals surface area contributed by atoms with Gasteiger partial charge in [0.25, 0.3) is 15.7 Å². The summed E-state index contributed by atoms with van der Waals surface area (Å²) in [7, 11) is -4.45. The average molecular weight is 524 g/mol. The van der Waals surface area contributed by atoms with Crippen LogP contribution >= 0.6 is 0 Å². The molecule has 0 saturated heterocycles. The minimum atomic E-state index is -4.45. The maximum atomic E-state index is 15.4. The molecule has 0 aliphatic rings. The van der Waals surface area contributed by atoms with Gasteiger partial charge in [-0.3, -0.25) is 14.8 Å². The van der Waals surface area contributed by atoms with Crippen molar-refractivity contribution in [1.82, 2.24) is 24.9 Å². The summed E-state index contributed by atoms with van der Waals surface area (Å²) in [6, 6.07) is 9.17. The van der Waals surface area contributed by atoms with Gasteiger partial charge in [-0.25, -0.2) is 37.1 Å². The molecule has 5 aromatic rings. The van der Waals surface area contributed by atoms with Crippen molar-refractivity contribution in [2.75, 3.05) is 10.0 Å². The lowest BCUT2D eigenvalue weighted by Gasteiger charge is -2.15. The predicted molar refractivity (Wildman–Crippen MR) is 128 cm³/mol. The van der Waals surface area contributed by atoms with Gasteiger partial charge in [0.2, 0.25) is 0 Å². The van der Waals surface area contributed by atoms with Crippen molar-refractivity contribution in [2.24, 2.45) is 0 Å². The smallest absolute Gasteiger partial charge is 0.270 e. The molecule has 0 atom stereocenters. The van der Waals surface area contributed by atoms with Gasteiger partial charge in [-0.05, 0) is 30.3 Å². The predicted octanol–water partition coefficient (Wildman–Crippen LogP) is 4.15. The molecule has 0 saturated carbocycles. The molecule has 0 fully saturated rings. The number of aromatic amines is 1. The summed E-state index contributed by atoms with van der Waals surface area (Å²) in [5, 5.41) is 13.6. The molecule has 0 amide bonds. The van der Waals surface area contributed by atoms with E-state index >= 15 is 4.39 Å². The van der Waals surface area contributed by atoms with Gasteiger partial charge in [-0.15, -0.1) is 0 Å². The third-order valence-corrected chi connectivity index (χ3v) is 6.57. The van der Waals surface area contributed by atoms with Gasteiger partial charge in [0.05, 0.1) is 21.8 Å². The van der Waals surface area contributed by atoms with Crippen LogP contribution in [0.25, 0.3) is 22.4 Å². The Kier molecular flexibility index (Phi) is 5.88. The molecule has 0 spiro atoms. The summed E-state index contributed by atoms with van der Waals surface area (Å²) in [6.45, 7) is 0. The van der Waals surface area contributed by atoms with Crippen molar-refractivity contribution in [3.8, 4) is 11.3 Å². The number of H-pyrrole nitrogens is 1. The van der Waals surface area contributed by atoms with E-state index in [0.29, 0.717) is 22.4 Å². The number of benzene rings is 2. The van der Waals surface area contributed by atoms with Crippen LogP contribution in [0.5, 0.6) is 0 Å².